The van der Waals surface area contributed by atoms with Gasteiger partial charge < -0.3 is 4.57 Å². The molecule has 0 unspecified atom stereocenters. The Kier molecular flexibility index (Phi) is 3.70. The molecule has 0 fully saturated rings. The number of hydrogen-bond donors (Lipinski definition) is 0. The molecule has 3 heterocycles. The van der Waals surface area contributed by atoms with Gasteiger partial charge >= 0.3 is 0 Å². The van der Waals surface area contributed by atoms with E-state index in [2.05, 4.69) is 23.2 Å². The minimum absolute atomic E-state index is 0.107. The van der Waals surface area contributed by atoms with E-state index in [1.54, 1.807) is 35.1 Å². The van der Waals surface area contributed by atoms with E-state index in [1.807, 2.05) is 28.6 Å². The van der Waals surface area contributed by atoms with Crippen molar-refractivity contribution in [2.75, 3.05) is 0 Å². The van der Waals surface area contributed by atoms with Crippen molar-refractivity contribution in [3.8, 4) is 22.4 Å². The van der Waals surface area contributed by atoms with Crippen molar-refractivity contribution < 1.29 is 4.39 Å². The molecule has 0 aliphatic rings. The van der Waals surface area contributed by atoms with Gasteiger partial charge in [-0.05, 0) is 35.9 Å². The smallest absolute Gasteiger partial charge is 0.259 e. The number of thiazole rings is 1. The van der Waals surface area contributed by atoms with Crippen LogP contribution in [0.3, 0.4) is 0 Å². The van der Waals surface area contributed by atoms with Crippen LogP contribution in [0.15, 0.2) is 64.2 Å². The highest BCUT2D eigenvalue weighted by Crippen LogP contribution is 2.33. The summed E-state index contributed by atoms with van der Waals surface area (Å²) in [6.07, 6.45) is 0. The molecule has 0 saturated heterocycles. The molecule has 0 aliphatic carbocycles. The number of nitrogens with zero attached hydrogens (tertiary/aromatic N) is 3. The summed E-state index contributed by atoms with van der Waals surface area (Å²) in [5, 5.41) is 4.06. The van der Waals surface area contributed by atoms with Crippen molar-refractivity contribution in [2.45, 2.75) is 0 Å². The number of aromatic nitrogens is 3. The van der Waals surface area contributed by atoms with Crippen LogP contribution in [-0.4, -0.2) is 14.1 Å². The fraction of sp³-hybridized carbons (Fsp3) is 0.0909. The standard InChI is InChI=1S/C22H16FN3OS/c1-25-20-8-5-14(19-11-28-12-24-19)9-17(20)18-10-16(22(27)26(2)21(18)25)13-3-6-15(23)7-4-13/h3-12H,1-2H3. The highest BCUT2D eigenvalue weighted by Gasteiger charge is 2.16. The van der Waals surface area contributed by atoms with Gasteiger partial charge in [-0.25, -0.2) is 9.37 Å². The largest absolute Gasteiger partial charge is 0.330 e. The number of pyridine rings is 1. The van der Waals surface area contributed by atoms with Gasteiger partial charge in [0.25, 0.3) is 5.56 Å². The number of hydrogen-bond acceptors (Lipinski definition) is 3. The summed E-state index contributed by atoms with van der Waals surface area (Å²) >= 11 is 1.56. The van der Waals surface area contributed by atoms with E-state index < -0.39 is 0 Å². The van der Waals surface area contributed by atoms with E-state index in [9.17, 15) is 9.18 Å². The van der Waals surface area contributed by atoms with E-state index in [0.29, 0.717) is 11.1 Å². The van der Waals surface area contributed by atoms with Crippen molar-refractivity contribution in [1.29, 1.82) is 0 Å². The van der Waals surface area contributed by atoms with Crippen LogP contribution in [0.5, 0.6) is 0 Å². The zero-order valence-corrected chi connectivity index (χ0v) is 16.1. The maximum atomic E-state index is 13.3. The molecule has 0 bridgehead atoms. The topological polar surface area (TPSA) is 39.8 Å². The second-order valence-corrected chi connectivity index (χ2v) is 7.55. The summed E-state index contributed by atoms with van der Waals surface area (Å²) in [5.41, 5.74) is 6.84. The van der Waals surface area contributed by atoms with Crippen LogP contribution < -0.4 is 5.56 Å². The van der Waals surface area contributed by atoms with Crippen LogP contribution in [-0.2, 0) is 14.1 Å². The molecule has 138 valence electrons. The molecule has 3 aromatic heterocycles. The van der Waals surface area contributed by atoms with Gasteiger partial charge in [-0.2, -0.15) is 0 Å². The SMILES string of the molecule is Cn1c(=O)c(-c2ccc(F)cc2)cc2c3cc(-c4cscn4)ccc3n(C)c21. The molecule has 0 spiro atoms. The van der Waals surface area contributed by atoms with Gasteiger partial charge in [-0.15, -0.1) is 11.3 Å². The first-order valence-electron chi connectivity index (χ1n) is 8.81. The average molecular weight is 389 g/mol. The van der Waals surface area contributed by atoms with Crippen molar-refractivity contribution in [1.82, 2.24) is 14.1 Å². The molecule has 0 atom stereocenters. The van der Waals surface area contributed by atoms with Crippen LogP contribution in [0.1, 0.15) is 0 Å². The van der Waals surface area contributed by atoms with Gasteiger partial charge in [0.15, 0.2) is 0 Å². The zero-order chi connectivity index (χ0) is 19.4. The Hall–Kier alpha value is -3.25. The Bertz CT molecular complexity index is 1400. The first-order valence-corrected chi connectivity index (χ1v) is 9.75. The molecule has 4 nitrogen and oxygen atoms in total. The lowest BCUT2D eigenvalue weighted by Gasteiger charge is -2.08. The lowest BCUT2D eigenvalue weighted by molar-refractivity contribution is 0.628. The van der Waals surface area contributed by atoms with Crippen molar-refractivity contribution >= 4 is 33.3 Å². The van der Waals surface area contributed by atoms with Crippen molar-refractivity contribution in [3.05, 3.63) is 75.6 Å². The molecule has 5 aromatic rings. The second kappa shape index (κ2) is 6.14. The Morgan fingerprint density at radius 3 is 2.39 bits per heavy atom. The Morgan fingerprint density at radius 1 is 0.929 bits per heavy atom. The molecular formula is C22H16FN3OS. The number of halogens is 1. The van der Waals surface area contributed by atoms with Crippen molar-refractivity contribution in [3.63, 3.8) is 0 Å². The molecule has 0 N–H and O–H groups in total. The molecule has 0 amide bonds. The lowest BCUT2D eigenvalue weighted by Crippen LogP contribution is -2.20. The van der Waals surface area contributed by atoms with Crippen LogP contribution in [0, 0.1) is 5.82 Å². The molecular weight excluding hydrogens is 373 g/mol. The summed E-state index contributed by atoms with van der Waals surface area (Å²) in [7, 11) is 3.74. The third kappa shape index (κ3) is 2.42. The minimum Gasteiger partial charge on any atom is -0.330 e. The zero-order valence-electron chi connectivity index (χ0n) is 15.3. The number of rotatable bonds is 2. The average Bonchev–Trinajstić information content (AvgIpc) is 3.33. The third-order valence-corrected chi connectivity index (χ3v) is 5.82. The van der Waals surface area contributed by atoms with E-state index in [-0.39, 0.29) is 11.4 Å². The Balaban J connectivity index is 1.86. The van der Waals surface area contributed by atoms with Crippen LogP contribution in [0.2, 0.25) is 0 Å². The van der Waals surface area contributed by atoms with Gasteiger partial charge in [0.05, 0.1) is 16.7 Å². The summed E-state index contributed by atoms with van der Waals surface area (Å²) in [4.78, 5) is 17.4. The number of aryl methyl sites for hydroxylation is 2. The van der Waals surface area contributed by atoms with E-state index in [4.69, 9.17) is 0 Å². The van der Waals surface area contributed by atoms with Crippen LogP contribution in [0.4, 0.5) is 4.39 Å². The van der Waals surface area contributed by atoms with Crippen LogP contribution >= 0.6 is 11.3 Å². The summed E-state index contributed by atoms with van der Waals surface area (Å²) in [5.74, 6) is -0.320. The van der Waals surface area contributed by atoms with Gasteiger partial charge in [0.2, 0.25) is 0 Å². The molecule has 0 radical (unpaired) electrons. The Morgan fingerprint density at radius 2 is 1.68 bits per heavy atom. The Labute approximate surface area is 164 Å². The number of benzene rings is 2. The number of fused-ring (bicyclic) bond motifs is 3. The predicted octanol–water partition coefficient (Wildman–Crippen LogP) is 4.96. The fourth-order valence-electron chi connectivity index (χ4n) is 3.84. The lowest BCUT2D eigenvalue weighted by atomic mass is 10.0. The molecule has 5 rings (SSSR count). The van der Waals surface area contributed by atoms with Crippen LogP contribution in [0.25, 0.3) is 44.3 Å². The van der Waals surface area contributed by atoms with E-state index >= 15 is 0 Å². The quantitative estimate of drug-likeness (QED) is 0.428. The maximum absolute atomic E-state index is 13.3. The molecule has 0 aliphatic heterocycles. The molecule has 2 aromatic carbocycles. The van der Waals surface area contributed by atoms with E-state index in [1.165, 1.54) is 12.1 Å². The third-order valence-electron chi connectivity index (χ3n) is 5.23. The molecule has 6 heteroatoms. The highest BCUT2D eigenvalue weighted by molar-refractivity contribution is 7.07. The monoisotopic (exact) mass is 389 g/mol. The molecule has 28 heavy (non-hydrogen) atoms. The first-order chi connectivity index (χ1) is 13.5. The van der Waals surface area contributed by atoms with Gasteiger partial charge in [-0.3, -0.25) is 9.36 Å². The molecule has 0 saturated carbocycles. The predicted molar refractivity (Wildman–Crippen MR) is 112 cm³/mol. The maximum Gasteiger partial charge on any atom is 0.259 e. The first kappa shape index (κ1) is 16.9. The van der Waals surface area contributed by atoms with Crippen molar-refractivity contribution in [2.24, 2.45) is 14.1 Å². The van der Waals surface area contributed by atoms with E-state index in [0.717, 1.165) is 33.2 Å². The second-order valence-electron chi connectivity index (χ2n) is 6.83. The van der Waals surface area contributed by atoms with Gasteiger partial charge in [0, 0.05) is 41.4 Å². The minimum atomic E-state index is -0.320. The normalized spacial score (nSPS) is 11.5. The summed E-state index contributed by atoms with van der Waals surface area (Å²) in [6.45, 7) is 0. The summed E-state index contributed by atoms with van der Waals surface area (Å²) < 4.78 is 17.0. The van der Waals surface area contributed by atoms with Gasteiger partial charge in [-0.1, -0.05) is 18.2 Å². The fourth-order valence-corrected chi connectivity index (χ4v) is 4.40. The highest BCUT2D eigenvalue weighted by atomic mass is 32.1. The van der Waals surface area contributed by atoms with Gasteiger partial charge in [0.1, 0.15) is 11.5 Å². The summed E-state index contributed by atoms with van der Waals surface area (Å²) in [6, 6.07) is 14.2.